The Labute approximate surface area is 133 Å². The van der Waals surface area contributed by atoms with Crippen LogP contribution in [0.4, 0.5) is 0 Å². The molecule has 0 heterocycles. The first-order valence-corrected chi connectivity index (χ1v) is 6.98. The highest BCUT2D eigenvalue weighted by Crippen LogP contribution is 1.89. The lowest BCUT2D eigenvalue weighted by molar-refractivity contribution is -0.132. The minimum absolute atomic E-state index is 0.251. The second kappa shape index (κ2) is 9.38. The zero-order valence-electron chi connectivity index (χ0n) is 13.6. The molecule has 0 aromatic heterocycles. The number of carbonyl (C=O) groups is 5. The van der Waals surface area contributed by atoms with Crippen LogP contribution in [-0.4, -0.2) is 54.2 Å². The number of amides is 5. The lowest BCUT2D eigenvalue weighted by Crippen LogP contribution is -2.54. The maximum Gasteiger partial charge on any atom is 0.242 e. The number of carbonyl (C=O) groups excluding carboxylic acids is 5. The van der Waals surface area contributed by atoms with Gasteiger partial charge in [0.25, 0.3) is 0 Å². The van der Waals surface area contributed by atoms with E-state index in [1.807, 2.05) is 0 Å². The van der Waals surface area contributed by atoms with Crippen LogP contribution in [0.15, 0.2) is 0 Å². The summed E-state index contributed by atoms with van der Waals surface area (Å²) in [5.41, 5.74) is 5.02. The number of hydrogen-bond donors (Lipinski definition) is 5. The average molecular weight is 329 g/mol. The maximum absolute atomic E-state index is 11.9. The van der Waals surface area contributed by atoms with Crippen molar-refractivity contribution in [3.63, 3.8) is 0 Å². The van der Waals surface area contributed by atoms with Crippen molar-refractivity contribution in [3.05, 3.63) is 0 Å². The Morgan fingerprint density at radius 3 is 1.70 bits per heavy atom. The van der Waals surface area contributed by atoms with Crippen molar-refractivity contribution < 1.29 is 24.0 Å². The summed E-state index contributed by atoms with van der Waals surface area (Å²) >= 11 is 0. The van der Waals surface area contributed by atoms with Crippen molar-refractivity contribution in [1.29, 1.82) is 0 Å². The zero-order valence-corrected chi connectivity index (χ0v) is 13.6. The van der Waals surface area contributed by atoms with E-state index in [0.29, 0.717) is 0 Å². The van der Waals surface area contributed by atoms with Gasteiger partial charge in [-0.3, -0.25) is 24.0 Å². The first kappa shape index (κ1) is 20.3. The molecule has 23 heavy (non-hydrogen) atoms. The summed E-state index contributed by atoms with van der Waals surface area (Å²) in [6, 6.07) is -2.68. The first-order chi connectivity index (χ1) is 10.5. The van der Waals surface area contributed by atoms with E-state index in [1.165, 1.54) is 27.7 Å². The Kier molecular flexibility index (Phi) is 8.30. The smallest absolute Gasteiger partial charge is 0.242 e. The van der Waals surface area contributed by atoms with Gasteiger partial charge in [-0.1, -0.05) is 0 Å². The van der Waals surface area contributed by atoms with Gasteiger partial charge in [0.2, 0.25) is 29.5 Å². The molecule has 3 atom stereocenters. The highest BCUT2D eigenvalue weighted by atomic mass is 16.2. The van der Waals surface area contributed by atoms with Gasteiger partial charge in [0.1, 0.15) is 18.1 Å². The minimum Gasteiger partial charge on any atom is -0.368 e. The van der Waals surface area contributed by atoms with E-state index < -0.39 is 41.8 Å². The number of nitrogens with one attached hydrogen (secondary N) is 4. The Balaban J connectivity index is 4.34. The number of rotatable bonds is 8. The Morgan fingerprint density at radius 2 is 1.26 bits per heavy atom. The van der Waals surface area contributed by atoms with E-state index in [4.69, 9.17) is 5.73 Å². The van der Waals surface area contributed by atoms with Gasteiger partial charge in [0.15, 0.2) is 0 Å². The van der Waals surface area contributed by atoms with E-state index in [-0.39, 0.29) is 12.5 Å². The van der Waals surface area contributed by atoms with Gasteiger partial charge in [-0.05, 0) is 20.8 Å². The van der Waals surface area contributed by atoms with Crippen molar-refractivity contribution in [3.8, 4) is 0 Å². The second-order valence-corrected chi connectivity index (χ2v) is 5.06. The third-order valence-corrected chi connectivity index (χ3v) is 2.81. The monoisotopic (exact) mass is 329 g/mol. The fourth-order valence-electron chi connectivity index (χ4n) is 1.38. The molecule has 130 valence electrons. The molecular weight excluding hydrogens is 306 g/mol. The van der Waals surface area contributed by atoms with Gasteiger partial charge in [-0.25, -0.2) is 0 Å². The number of hydrogen-bond acceptors (Lipinski definition) is 5. The van der Waals surface area contributed by atoms with Crippen molar-refractivity contribution >= 4 is 29.5 Å². The summed E-state index contributed by atoms with van der Waals surface area (Å²) in [6.07, 6.45) is 0. The molecule has 6 N–H and O–H groups in total. The van der Waals surface area contributed by atoms with Crippen LogP contribution >= 0.6 is 0 Å². The van der Waals surface area contributed by atoms with E-state index in [2.05, 4.69) is 21.3 Å². The molecule has 10 heteroatoms. The van der Waals surface area contributed by atoms with Crippen LogP contribution in [0.1, 0.15) is 27.7 Å². The lowest BCUT2D eigenvalue weighted by atomic mass is 10.2. The van der Waals surface area contributed by atoms with Crippen LogP contribution in [0.5, 0.6) is 0 Å². The standard InChI is InChI=1S/C13H23N5O5/c1-6(11(14)21)17-13(23)8(3)18-12(22)7(2)16-10(20)5-15-9(4)19/h6-8H,5H2,1-4H3,(H2,14,21)(H,15,19)(H,16,20)(H,17,23)(H,18,22)/t6-,7-,8-/m0/s1. The van der Waals surface area contributed by atoms with Gasteiger partial charge in [0, 0.05) is 6.92 Å². The molecule has 0 unspecified atom stereocenters. The van der Waals surface area contributed by atoms with Crippen molar-refractivity contribution in [2.24, 2.45) is 5.73 Å². The van der Waals surface area contributed by atoms with Crippen LogP contribution in [-0.2, 0) is 24.0 Å². The zero-order chi connectivity index (χ0) is 18.2. The summed E-state index contributed by atoms with van der Waals surface area (Å²) in [5.74, 6) is -2.78. The van der Waals surface area contributed by atoms with Crippen LogP contribution in [0.2, 0.25) is 0 Å². The average Bonchev–Trinajstić information content (AvgIpc) is 2.44. The van der Waals surface area contributed by atoms with Crippen molar-refractivity contribution in [2.75, 3.05) is 6.54 Å². The van der Waals surface area contributed by atoms with E-state index in [0.717, 1.165) is 0 Å². The molecule has 0 aromatic rings. The third kappa shape index (κ3) is 8.39. The summed E-state index contributed by atoms with van der Waals surface area (Å²) in [5, 5.41) is 9.38. The van der Waals surface area contributed by atoms with Crippen molar-refractivity contribution in [1.82, 2.24) is 21.3 Å². The molecule has 0 aromatic carbocycles. The molecule has 0 saturated heterocycles. The van der Waals surface area contributed by atoms with Gasteiger partial charge < -0.3 is 27.0 Å². The molecule has 0 fully saturated rings. The van der Waals surface area contributed by atoms with Crippen molar-refractivity contribution in [2.45, 2.75) is 45.8 Å². The molecule has 5 amide bonds. The molecule has 0 radical (unpaired) electrons. The fourth-order valence-corrected chi connectivity index (χ4v) is 1.38. The predicted octanol–water partition coefficient (Wildman–Crippen LogP) is -2.88. The van der Waals surface area contributed by atoms with Gasteiger partial charge in [0.05, 0.1) is 6.54 Å². The van der Waals surface area contributed by atoms with Crippen LogP contribution in [0.3, 0.4) is 0 Å². The van der Waals surface area contributed by atoms with Crippen LogP contribution < -0.4 is 27.0 Å². The third-order valence-electron chi connectivity index (χ3n) is 2.81. The molecule has 0 aliphatic rings. The van der Waals surface area contributed by atoms with E-state index in [9.17, 15) is 24.0 Å². The summed E-state index contributed by atoms with van der Waals surface area (Å²) in [6.45, 7) is 5.28. The first-order valence-electron chi connectivity index (χ1n) is 6.98. The summed E-state index contributed by atoms with van der Waals surface area (Å²) < 4.78 is 0. The quantitative estimate of drug-likeness (QED) is 0.323. The van der Waals surface area contributed by atoms with Crippen LogP contribution in [0.25, 0.3) is 0 Å². The van der Waals surface area contributed by atoms with Crippen LogP contribution in [0, 0.1) is 0 Å². The molecule has 0 aliphatic carbocycles. The molecule has 0 aliphatic heterocycles. The Morgan fingerprint density at radius 1 is 0.826 bits per heavy atom. The summed E-state index contributed by atoms with van der Waals surface area (Å²) in [7, 11) is 0. The second-order valence-electron chi connectivity index (χ2n) is 5.06. The lowest BCUT2D eigenvalue weighted by Gasteiger charge is -2.19. The maximum atomic E-state index is 11.9. The van der Waals surface area contributed by atoms with Gasteiger partial charge >= 0.3 is 0 Å². The Hall–Kier alpha value is -2.65. The minimum atomic E-state index is -0.918. The molecular formula is C13H23N5O5. The molecule has 0 bridgehead atoms. The highest BCUT2D eigenvalue weighted by Gasteiger charge is 2.22. The SMILES string of the molecule is CC(=O)NCC(=O)N[C@@H](C)C(=O)N[C@@H](C)C(=O)N[C@@H](C)C(N)=O. The highest BCUT2D eigenvalue weighted by molar-refractivity contribution is 5.94. The predicted molar refractivity (Wildman–Crippen MR) is 80.7 cm³/mol. The molecule has 0 saturated carbocycles. The topological polar surface area (TPSA) is 159 Å². The summed E-state index contributed by atoms with van der Waals surface area (Å²) in [4.78, 5) is 56.6. The molecule has 0 rings (SSSR count). The normalized spacial score (nSPS) is 13.9. The number of primary amides is 1. The fraction of sp³-hybridized carbons (Fsp3) is 0.615. The van der Waals surface area contributed by atoms with Gasteiger partial charge in [-0.2, -0.15) is 0 Å². The molecule has 0 spiro atoms. The Bertz CT molecular complexity index is 493. The van der Waals surface area contributed by atoms with Gasteiger partial charge in [-0.15, -0.1) is 0 Å². The molecule has 10 nitrogen and oxygen atoms in total. The van der Waals surface area contributed by atoms with E-state index >= 15 is 0 Å². The number of nitrogens with two attached hydrogens (primary N) is 1. The largest absolute Gasteiger partial charge is 0.368 e. The van der Waals surface area contributed by atoms with E-state index in [1.54, 1.807) is 0 Å².